The lowest BCUT2D eigenvalue weighted by atomic mass is 10.2. The van der Waals surface area contributed by atoms with E-state index in [4.69, 9.17) is 4.74 Å². The second kappa shape index (κ2) is 8.33. The molecule has 0 unspecified atom stereocenters. The van der Waals surface area contributed by atoms with E-state index in [1.54, 1.807) is 24.1 Å². The standard InChI is InChI=1S/C20H25N3O4S2/c1-27-17-7-3-2-6-16(17)21-12-14-23(15-13-21)29(25,26)19-9-8-18(28-19)20(24)22-10-4-5-11-22/h2-3,6-9H,4-5,10-15H2,1H3. The van der Waals surface area contributed by atoms with Crippen LogP contribution in [0.2, 0.25) is 0 Å². The SMILES string of the molecule is COc1ccccc1N1CCN(S(=O)(=O)c2ccc(C(=O)N3CCCC3)s2)CC1. The van der Waals surface area contributed by atoms with Gasteiger partial charge in [-0.05, 0) is 37.1 Å². The van der Waals surface area contributed by atoms with E-state index in [0.29, 0.717) is 31.1 Å². The average Bonchev–Trinajstić information content (AvgIpc) is 3.46. The first-order valence-corrected chi connectivity index (χ1v) is 12.0. The third-order valence-electron chi connectivity index (χ3n) is 5.44. The van der Waals surface area contributed by atoms with Crippen molar-refractivity contribution in [1.82, 2.24) is 9.21 Å². The van der Waals surface area contributed by atoms with Crippen molar-refractivity contribution in [3.05, 3.63) is 41.3 Å². The van der Waals surface area contributed by atoms with Crippen LogP contribution in [-0.4, -0.2) is 69.9 Å². The number of hydrogen-bond donors (Lipinski definition) is 0. The van der Waals surface area contributed by atoms with Crippen molar-refractivity contribution in [2.45, 2.75) is 17.1 Å². The van der Waals surface area contributed by atoms with Gasteiger partial charge in [0.05, 0.1) is 17.7 Å². The lowest BCUT2D eigenvalue weighted by Crippen LogP contribution is -2.48. The molecule has 0 saturated carbocycles. The number of nitrogens with zero attached hydrogens (tertiary/aromatic N) is 3. The summed E-state index contributed by atoms with van der Waals surface area (Å²) in [6.45, 7) is 3.48. The highest BCUT2D eigenvalue weighted by Crippen LogP contribution is 2.31. The Hall–Kier alpha value is -2.10. The molecule has 29 heavy (non-hydrogen) atoms. The van der Waals surface area contributed by atoms with Crippen molar-refractivity contribution in [3.63, 3.8) is 0 Å². The molecule has 2 fully saturated rings. The van der Waals surface area contributed by atoms with Gasteiger partial charge in [0.1, 0.15) is 9.96 Å². The molecule has 2 aromatic rings. The fourth-order valence-electron chi connectivity index (χ4n) is 3.84. The van der Waals surface area contributed by atoms with Crippen LogP contribution in [0, 0.1) is 0 Å². The molecule has 3 heterocycles. The largest absolute Gasteiger partial charge is 0.495 e. The van der Waals surface area contributed by atoms with Gasteiger partial charge in [-0.1, -0.05) is 12.1 Å². The number of thiophene rings is 1. The summed E-state index contributed by atoms with van der Waals surface area (Å²) >= 11 is 1.08. The van der Waals surface area contributed by atoms with Crippen molar-refractivity contribution in [1.29, 1.82) is 0 Å². The molecular weight excluding hydrogens is 410 g/mol. The number of amides is 1. The Balaban J connectivity index is 1.45. The lowest BCUT2D eigenvalue weighted by Gasteiger charge is -2.35. The van der Waals surface area contributed by atoms with Crippen molar-refractivity contribution in [2.24, 2.45) is 0 Å². The number of piperazine rings is 1. The summed E-state index contributed by atoms with van der Waals surface area (Å²) in [5.41, 5.74) is 0.974. The van der Waals surface area contributed by atoms with Crippen LogP contribution in [0.15, 0.2) is 40.6 Å². The summed E-state index contributed by atoms with van der Waals surface area (Å²) in [6, 6.07) is 11.0. The molecule has 7 nitrogen and oxygen atoms in total. The highest BCUT2D eigenvalue weighted by molar-refractivity contribution is 7.91. The molecule has 0 spiro atoms. The van der Waals surface area contributed by atoms with Crippen LogP contribution < -0.4 is 9.64 Å². The predicted molar refractivity (Wildman–Crippen MR) is 113 cm³/mol. The number of sulfonamides is 1. The number of carbonyl (C=O) groups excluding carboxylic acids is 1. The minimum Gasteiger partial charge on any atom is -0.495 e. The van der Waals surface area contributed by atoms with Gasteiger partial charge in [-0.15, -0.1) is 11.3 Å². The third-order valence-corrected chi connectivity index (χ3v) is 8.88. The third kappa shape index (κ3) is 3.99. The van der Waals surface area contributed by atoms with Gasteiger partial charge in [0.2, 0.25) is 0 Å². The highest BCUT2D eigenvalue weighted by Gasteiger charge is 2.31. The molecule has 1 amide bonds. The van der Waals surface area contributed by atoms with E-state index < -0.39 is 10.0 Å². The Bertz CT molecular complexity index is 975. The Morgan fingerprint density at radius 3 is 2.34 bits per heavy atom. The molecule has 0 atom stereocenters. The van der Waals surface area contributed by atoms with Crippen LogP contribution in [0.5, 0.6) is 5.75 Å². The molecule has 0 aliphatic carbocycles. The predicted octanol–water partition coefficient (Wildman–Crippen LogP) is 2.50. The number of hydrogen-bond acceptors (Lipinski definition) is 6. The first-order chi connectivity index (χ1) is 14.0. The Labute approximate surface area is 175 Å². The molecule has 0 N–H and O–H groups in total. The molecule has 1 aromatic carbocycles. The molecule has 9 heteroatoms. The van der Waals surface area contributed by atoms with Crippen molar-refractivity contribution in [2.75, 3.05) is 51.3 Å². The summed E-state index contributed by atoms with van der Waals surface area (Å²) in [4.78, 5) is 17.0. The Morgan fingerprint density at radius 1 is 0.966 bits per heavy atom. The molecule has 2 saturated heterocycles. The Kier molecular flexibility index (Phi) is 5.80. The van der Waals surface area contributed by atoms with Gasteiger partial charge in [-0.2, -0.15) is 4.31 Å². The minimum absolute atomic E-state index is 0.0602. The monoisotopic (exact) mass is 435 g/mol. The summed E-state index contributed by atoms with van der Waals surface area (Å²) in [6.07, 6.45) is 2.03. The van der Waals surface area contributed by atoms with E-state index in [0.717, 1.165) is 48.7 Å². The smallest absolute Gasteiger partial charge is 0.263 e. The minimum atomic E-state index is -3.60. The van der Waals surface area contributed by atoms with Crippen molar-refractivity contribution in [3.8, 4) is 5.75 Å². The van der Waals surface area contributed by atoms with E-state index in [9.17, 15) is 13.2 Å². The maximum atomic E-state index is 13.1. The van der Waals surface area contributed by atoms with Crippen LogP contribution in [0.3, 0.4) is 0 Å². The molecule has 4 rings (SSSR count). The summed E-state index contributed by atoms with van der Waals surface area (Å²) in [5.74, 6) is 0.724. The Morgan fingerprint density at radius 2 is 1.66 bits per heavy atom. The summed E-state index contributed by atoms with van der Waals surface area (Å²) < 4.78 is 33.3. The molecule has 2 aliphatic heterocycles. The van der Waals surface area contributed by atoms with Crippen LogP contribution in [-0.2, 0) is 10.0 Å². The molecular formula is C20H25N3O4S2. The molecule has 2 aliphatic rings. The van der Waals surface area contributed by atoms with E-state index in [1.165, 1.54) is 4.31 Å². The first-order valence-electron chi connectivity index (χ1n) is 9.78. The first kappa shape index (κ1) is 20.2. The summed E-state index contributed by atoms with van der Waals surface area (Å²) in [5, 5.41) is 0. The van der Waals surface area contributed by atoms with E-state index >= 15 is 0 Å². The fourth-order valence-corrected chi connectivity index (χ4v) is 6.69. The topological polar surface area (TPSA) is 70.2 Å². The van der Waals surface area contributed by atoms with Crippen LogP contribution in [0.25, 0.3) is 0 Å². The number of ether oxygens (including phenoxy) is 1. The maximum absolute atomic E-state index is 13.1. The quantitative estimate of drug-likeness (QED) is 0.722. The van der Waals surface area contributed by atoms with Gasteiger partial charge < -0.3 is 14.5 Å². The number of rotatable bonds is 5. The van der Waals surface area contributed by atoms with Crippen molar-refractivity contribution >= 4 is 33.0 Å². The summed E-state index contributed by atoms with van der Waals surface area (Å²) in [7, 11) is -1.96. The number of anilines is 1. The van der Waals surface area contributed by atoms with E-state index in [1.807, 2.05) is 24.3 Å². The van der Waals surface area contributed by atoms with Crippen LogP contribution >= 0.6 is 11.3 Å². The second-order valence-electron chi connectivity index (χ2n) is 7.18. The molecule has 1 aromatic heterocycles. The molecule has 156 valence electrons. The van der Waals surface area contributed by atoms with Gasteiger partial charge in [0, 0.05) is 39.3 Å². The van der Waals surface area contributed by atoms with Crippen LogP contribution in [0.4, 0.5) is 5.69 Å². The van der Waals surface area contributed by atoms with Crippen molar-refractivity contribution < 1.29 is 17.9 Å². The number of carbonyl (C=O) groups is 1. The molecule has 0 bridgehead atoms. The zero-order chi connectivity index (χ0) is 20.4. The zero-order valence-corrected chi connectivity index (χ0v) is 18.0. The van der Waals surface area contributed by atoms with E-state index in [2.05, 4.69) is 4.90 Å². The van der Waals surface area contributed by atoms with Gasteiger partial charge in [-0.3, -0.25) is 4.79 Å². The maximum Gasteiger partial charge on any atom is 0.263 e. The number of likely N-dealkylation sites (tertiary alicyclic amines) is 1. The average molecular weight is 436 g/mol. The highest BCUT2D eigenvalue weighted by atomic mass is 32.2. The van der Waals surface area contributed by atoms with Gasteiger partial charge in [0.25, 0.3) is 15.9 Å². The van der Waals surface area contributed by atoms with Gasteiger partial charge in [0.15, 0.2) is 0 Å². The lowest BCUT2D eigenvalue weighted by molar-refractivity contribution is 0.0797. The molecule has 0 radical (unpaired) electrons. The number of methoxy groups -OCH3 is 1. The van der Waals surface area contributed by atoms with Crippen LogP contribution in [0.1, 0.15) is 22.5 Å². The zero-order valence-electron chi connectivity index (χ0n) is 16.4. The fraction of sp³-hybridized carbons (Fsp3) is 0.450. The second-order valence-corrected chi connectivity index (χ2v) is 10.4. The van der Waals surface area contributed by atoms with E-state index in [-0.39, 0.29) is 10.1 Å². The normalized spacial score (nSPS) is 18.2. The number of para-hydroxylation sites is 2. The number of benzene rings is 1. The van der Waals surface area contributed by atoms with Gasteiger partial charge in [-0.25, -0.2) is 8.42 Å². The van der Waals surface area contributed by atoms with Gasteiger partial charge >= 0.3 is 0 Å².